The topological polar surface area (TPSA) is 66.9 Å². The monoisotopic (exact) mass is 296 g/mol. The number of carbonyl (C=O) groups excluding carboxylic acids is 1. The van der Waals surface area contributed by atoms with Gasteiger partial charge in [-0.3, -0.25) is 5.32 Å². The molecule has 0 bridgehead atoms. The Morgan fingerprint density at radius 3 is 2.47 bits per heavy atom. The lowest BCUT2D eigenvalue weighted by Gasteiger charge is -2.04. The fraction of sp³-hybridized carbons (Fsp3) is 0.250. The number of urea groups is 1. The SMILES string of the molecule is CC(C)c1nnc(NC(=O)Nc2ccc(Cl)cc2)s1. The molecule has 0 radical (unpaired) electrons. The number of rotatable bonds is 3. The lowest BCUT2D eigenvalue weighted by molar-refractivity contribution is 0.262. The van der Waals surface area contributed by atoms with E-state index in [1.807, 2.05) is 13.8 Å². The highest BCUT2D eigenvalue weighted by Crippen LogP contribution is 2.22. The summed E-state index contributed by atoms with van der Waals surface area (Å²) in [7, 11) is 0. The van der Waals surface area contributed by atoms with Crippen LogP contribution in [0.3, 0.4) is 0 Å². The molecule has 7 heteroatoms. The van der Waals surface area contributed by atoms with Crippen molar-refractivity contribution in [1.29, 1.82) is 0 Å². The van der Waals surface area contributed by atoms with Crippen molar-refractivity contribution < 1.29 is 4.79 Å². The lowest BCUT2D eigenvalue weighted by atomic mass is 10.2. The summed E-state index contributed by atoms with van der Waals surface area (Å²) in [5.41, 5.74) is 0.662. The molecule has 0 spiro atoms. The minimum atomic E-state index is -0.353. The van der Waals surface area contributed by atoms with E-state index in [1.165, 1.54) is 11.3 Å². The predicted molar refractivity (Wildman–Crippen MR) is 78.1 cm³/mol. The third kappa shape index (κ3) is 3.90. The minimum Gasteiger partial charge on any atom is -0.308 e. The third-order valence-corrected chi connectivity index (χ3v) is 3.65. The second-order valence-corrected chi connectivity index (χ2v) is 5.63. The summed E-state index contributed by atoms with van der Waals surface area (Å²) in [6.07, 6.45) is 0. The highest BCUT2D eigenvalue weighted by atomic mass is 35.5. The Morgan fingerprint density at radius 1 is 1.21 bits per heavy atom. The molecule has 0 aliphatic carbocycles. The van der Waals surface area contributed by atoms with Crippen molar-refractivity contribution >= 4 is 39.8 Å². The quantitative estimate of drug-likeness (QED) is 0.901. The maximum Gasteiger partial charge on any atom is 0.325 e. The van der Waals surface area contributed by atoms with Gasteiger partial charge in [-0.25, -0.2) is 4.79 Å². The number of benzene rings is 1. The molecule has 1 aromatic carbocycles. The molecule has 0 saturated heterocycles. The maximum atomic E-state index is 11.7. The summed E-state index contributed by atoms with van der Waals surface area (Å²) < 4.78 is 0. The smallest absolute Gasteiger partial charge is 0.308 e. The van der Waals surface area contributed by atoms with Gasteiger partial charge >= 0.3 is 6.03 Å². The third-order valence-electron chi connectivity index (χ3n) is 2.26. The van der Waals surface area contributed by atoms with Crippen LogP contribution in [0.1, 0.15) is 24.8 Å². The van der Waals surface area contributed by atoms with Crippen molar-refractivity contribution in [3.8, 4) is 0 Å². The van der Waals surface area contributed by atoms with Crippen LogP contribution in [-0.4, -0.2) is 16.2 Å². The molecule has 2 rings (SSSR count). The van der Waals surface area contributed by atoms with Crippen molar-refractivity contribution in [3.05, 3.63) is 34.3 Å². The molecule has 1 heterocycles. The average Bonchev–Trinajstić information content (AvgIpc) is 2.80. The van der Waals surface area contributed by atoms with Gasteiger partial charge in [0.2, 0.25) is 5.13 Å². The van der Waals surface area contributed by atoms with E-state index in [2.05, 4.69) is 20.8 Å². The van der Waals surface area contributed by atoms with Crippen LogP contribution in [-0.2, 0) is 0 Å². The van der Waals surface area contributed by atoms with Gasteiger partial charge in [0.05, 0.1) is 0 Å². The second kappa shape index (κ2) is 5.99. The molecule has 2 N–H and O–H groups in total. The summed E-state index contributed by atoms with van der Waals surface area (Å²) in [6, 6.07) is 6.51. The first-order chi connectivity index (χ1) is 9.04. The number of nitrogens with one attached hydrogen (secondary N) is 2. The Morgan fingerprint density at radius 2 is 1.89 bits per heavy atom. The van der Waals surface area contributed by atoms with Crippen molar-refractivity contribution in [2.75, 3.05) is 10.6 Å². The Bertz CT molecular complexity index is 567. The molecule has 1 aromatic heterocycles. The van der Waals surface area contributed by atoms with E-state index in [1.54, 1.807) is 24.3 Å². The van der Waals surface area contributed by atoms with Gasteiger partial charge < -0.3 is 5.32 Å². The molecule has 2 aromatic rings. The highest BCUT2D eigenvalue weighted by molar-refractivity contribution is 7.15. The van der Waals surface area contributed by atoms with Crippen LogP contribution in [0, 0.1) is 0 Å². The molecule has 0 fully saturated rings. The van der Waals surface area contributed by atoms with E-state index in [4.69, 9.17) is 11.6 Å². The van der Waals surface area contributed by atoms with Gasteiger partial charge in [0.15, 0.2) is 0 Å². The van der Waals surface area contributed by atoms with Gasteiger partial charge in [0.1, 0.15) is 5.01 Å². The molecule has 0 saturated carbocycles. The summed E-state index contributed by atoms with van der Waals surface area (Å²) in [5, 5.41) is 15.2. The first-order valence-electron chi connectivity index (χ1n) is 5.71. The van der Waals surface area contributed by atoms with Gasteiger partial charge in [-0.05, 0) is 24.3 Å². The zero-order valence-corrected chi connectivity index (χ0v) is 12.0. The van der Waals surface area contributed by atoms with E-state index in [-0.39, 0.29) is 6.03 Å². The first-order valence-corrected chi connectivity index (χ1v) is 6.91. The number of hydrogen-bond acceptors (Lipinski definition) is 4. The molecular formula is C12H13ClN4OS. The van der Waals surface area contributed by atoms with Gasteiger partial charge in [-0.1, -0.05) is 36.8 Å². The summed E-state index contributed by atoms with van der Waals surface area (Å²) in [5.74, 6) is 0.298. The lowest BCUT2D eigenvalue weighted by Crippen LogP contribution is -2.19. The minimum absolute atomic E-state index is 0.298. The van der Waals surface area contributed by atoms with E-state index in [9.17, 15) is 4.79 Å². The first kappa shape index (κ1) is 13.8. The van der Waals surface area contributed by atoms with Gasteiger partial charge in [-0.2, -0.15) is 0 Å². The Kier molecular flexibility index (Phi) is 4.34. The molecule has 5 nitrogen and oxygen atoms in total. The number of amides is 2. The predicted octanol–water partition coefficient (Wildman–Crippen LogP) is 3.96. The number of hydrogen-bond donors (Lipinski definition) is 2. The maximum absolute atomic E-state index is 11.7. The summed E-state index contributed by atoms with van der Waals surface area (Å²) in [6.45, 7) is 4.05. The van der Waals surface area contributed by atoms with Crippen molar-refractivity contribution in [2.24, 2.45) is 0 Å². The Hall–Kier alpha value is -1.66. The van der Waals surface area contributed by atoms with Crippen LogP contribution >= 0.6 is 22.9 Å². The molecule has 0 unspecified atom stereocenters. The van der Waals surface area contributed by atoms with Crippen LogP contribution in [0.2, 0.25) is 5.02 Å². The summed E-state index contributed by atoms with van der Waals surface area (Å²) >= 11 is 7.13. The zero-order valence-electron chi connectivity index (χ0n) is 10.5. The summed E-state index contributed by atoms with van der Waals surface area (Å²) in [4.78, 5) is 11.7. The van der Waals surface area contributed by atoms with E-state index in [0.29, 0.717) is 21.8 Å². The fourth-order valence-corrected chi connectivity index (χ4v) is 2.18. The zero-order chi connectivity index (χ0) is 13.8. The number of nitrogens with zero attached hydrogens (tertiary/aromatic N) is 2. The van der Waals surface area contributed by atoms with Crippen LogP contribution in [0.15, 0.2) is 24.3 Å². The van der Waals surface area contributed by atoms with E-state index >= 15 is 0 Å². The van der Waals surface area contributed by atoms with Gasteiger partial charge in [0, 0.05) is 16.6 Å². The molecule has 0 atom stereocenters. The van der Waals surface area contributed by atoms with Crippen LogP contribution < -0.4 is 10.6 Å². The van der Waals surface area contributed by atoms with E-state index in [0.717, 1.165) is 5.01 Å². The molecule has 0 aliphatic heterocycles. The van der Waals surface area contributed by atoms with Crippen LogP contribution in [0.4, 0.5) is 15.6 Å². The highest BCUT2D eigenvalue weighted by Gasteiger charge is 2.10. The standard InChI is InChI=1S/C12H13ClN4OS/c1-7(2)10-16-17-12(19-10)15-11(18)14-9-5-3-8(13)4-6-9/h3-7H,1-2H3,(H2,14,15,17,18). The van der Waals surface area contributed by atoms with Crippen LogP contribution in [0.5, 0.6) is 0 Å². The molecule has 0 aliphatic rings. The normalized spacial score (nSPS) is 10.5. The number of anilines is 2. The second-order valence-electron chi connectivity index (χ2n) is 4.19. The van der Waals surface area contributed by atoms with Crippen molar-refractivity contribution in [3.63, 3.8) is 0 Å². The fourth-order valence-electron chi connectivity index (χ4n) is 1.31. The molecule has 100 valence electrons. The largest absolute Gasteiger partial charge is 0.325 e. The average molecular weight is 297 g/mol. The molecule has 2 amide bonds. The Balaban J connectivity index is 1.95. The Labute approximate surface area is 120 Å². The van der Waals surface area contributed by atoms with E-state index < -0.39 is 0 Å². The number of halogens is 1. The van der Waals surface area contributed by atoms with Crippen LogP contribution in [0.25, 0.3) is 0 Å². The molecular weight excluding hydrogens is 284 g/mol. The van der Waals surface area contributed by atoms with Crippen molar-refractivity contribution in [2.45, 2.75) is 19.8 Å². The van der Waals surface area contributed by atoms with Gasteiger partial charge in [-0.15, -0.1) is 10.2 Å². The number of aromatic nitrogens is 2. The van der Waals surface area contributed by atoms with Gasteiger partial charge in [0.25, 0.3) is 0 Å². The van der Waals surface area contributed by atoms with Crippen molar-refractivity contribution in [1.82, 2.24) is 10.2 Å². The number of carbonyl (C=O) groups is 1. The molecule has 19 heavy (non-hydrogen) atoms.